The molecule has 1 saturated carbocycles. The third kappa shape index (κ3) is 3.08. The van der Waals surface area contributed by atoms with E-state index < -0.39 is 0 Å². The van der Waals surface area contributed by atoms with Gasteiger partial charge in [0, 0.05) is 18.7 Å². The van der Waals surface area contributed by atoms with Crippen LogP contribution in [-0.2, 0) is 13.0 Å². The summed E-state index contributed by atoms with van der Waals surface area (Å²) in [6, 6.07) is 8.77. The molecule has 0 saturated heterocycles. The first-order valence-electron chi connectivity index (χ1n) is 7.01. The van der Waals surface area contributed by atoms with Gasteiger partial charge in [0.15, 0.2) is 0 Å². The van der Waals surface area contributed by atoms with E-state index in [2.05, 4.69) is 30.4 Å². The zero-order valence-electron chi connectivity index (χ0n) is 11.8. The molecule has 0 unspecified atom stereocenters. The van der Waals surface area contributed by atoms with Crippen molar-refractivity contribution in [1.29, 1.82) is 5.26 Å². The summed E-state index contributed by atoms with van der Waals surface area (Å²) in [7, 11) is 1.70. The van der Waals surface area contributed by atoms with Gasteiger partial charge in [0.25, 0.3) is 0 Å². The van der Waals surface area contributed by atoms with Crippen molar-refractivity contribution in [3.63, 3.8) is 0 Å². The quantitative estimate of drug-likeness (QED) is 0.853. The molecule has 3 heteroatoms. The molecule has 102 valence electrons. The standard InChI is InChI=1S/C16H22N2O/c1-3-13-5-6-15(19-2)14(9-13)10-18-12-16(11-17)7-4-8-16/h5-6,9,18H,3-4,7-8,10,12H2,1-2H3. The predicted molar refractivity (Wildman–Crippen MR) is 76.0 cm³/mol. The smallest absolute Gasteiger partial charge is 0.123 e. The Kier molecular flexibility index (Phi) is 4.44. The molecular formula is C16H22N2O. The van der Waals surface area contributed by atoms with Crippen molar-refractivity contribution < 1.29 is 4.74 Å². The highest BCUT2D eigenvalue weighted by Crippen LogP contribution is 2.39. The van der Waals surface area contributed by atoms with Gasteiger partial charge in [-0.1, -0.05) is 25.5 Å². The molecule has 1 aliphatic carbocycles. The number of rotatable bonds is 6. The monoisotopic (exact) mass is 258 g/mol. The van der Waals surface area contributed by atoms with E-state index in [0.717, 1.165) is 38.1 Å². The van der Waals surface area contributed by atoms with Crippen LogP contribution in [0.3, 0.4) is 0 Å². The lowest BCUT2D eigenvalue weighted by molar-refractivity contribution is 0.206. The lowest BCUT2D eigenvalue weighted by atomic mass is 9.70. The second-order valence-electron chi connectivity index (χ2n) is 5.35. The molecule has 0 aromatic heterocycles. The summed E-state index contributed by atoms with van der Waals surface area (Å²) < 4.78 is 5.39. The largest absolute Gasteiger partial charge is 0.496 e. The highest BCUT2D eigenvalue weighted by molar-refractivity contribution is 5.37. The van der Waals surface area contributed by atoms with Crippen molar-refractivity contribution in [3.8, 4) is 11.8 Å². The molecule has 0 atom stereocenters. The van der Waals surface area contributed by atoms with Crippen molar-refractivity contribution in [2.75, 3.05) is 13.7 Å². The van der Waals surface area contributed by atoms with Gasteiger partial charge in [-0.25, -0.2) is 0 Å². The van der Waals surface area contributed by atoms with Crippen molar-refractivity contribution in [2.24, 2.45) is 5.41 Å². The molecule has 0 aliphatic heterocycles. The number of aryl methyl sites for hydroxylation is 1. The minimum atomic E-state index is -0.115. The van der Waals surface area contributed by atoms with Gasteiger partial charge in [-0.05, 0) is 30.9 Å². The highest BCUT2D eigenvalue weighted by atomic mass is 16.5. The van der Waals surface area contributed by atoms with Gasteiger partial charge >= 0.3 is 0 Å². The fraction of sp³-hybridized carbons (Fsp3) is 0.562. The molecule has 0 amide bonds. The Balaban J connectivity index is 1.96. The van der Waals surface area contributed by atoms with E-state index in [1.165, 1.54) is 17.5 Å². The average Bonchev–Trinajstić information content (AvgIpc) is 2.41. The van der Waals surface area contributed by atoms with Crippen LogP contribution in [0.2, 0.25) is 0 Å². The summed E-state index contributed by atoms with van der Waals surface area (Å²) in [5, 5.41) is 12.6. The Bertz CT molecular complexity index is 472. The Morgan fingerprint density at radius 3 is 2.74 bits per heavy atom. The number of methoxy groups -OCH3 is 1. The second kappa shape index (κ2) is 6.08. The maximum atomic E-state index is 9.20. The number of benzene rings is 1. The summed E-state index contributed by atoms with van der Waals surface area (Å²) in [6.07, 6.45) is 4.27. The fourth-order valence-electron chi connectivity index (χ4n) is 2.56. The first kappa shape index (κ1) is 13.9. The highest BCUT2D eigenvalue weighted by Gasteiger charge is 2.36. The molecular weight excluding hydrogens is 236 g/mol. The Morgan fingerprint density at radius 1 is 1.42 bits per heavy atom. The molecule has 1 N–H and O–H groups in total. The maximum absolute atomic E-state index is 9.20. The Labute approximate surface area is 115 Å². The number of nitrogens with zero attached hydrogens (tertiary/aromatic N) is 1. The van der Waals surface area contributed by atoms with Crippen LogP contribution in [-0.4, -0.2) is 13.7 Å². The molecule has 1 aromatic carbocycles. The van der Waals surface area contributed by atoms with Crippen LogP contribution in [0, 0.1) is 16.7 Å². The van der Waals surface area contributed by atoms with Gasteiger partial charge in [0.05, 0.1) is 18.6 Å². The van der Waals surface area contributed by atoms with Crippen molar-refractivity contribution >= 4 is 0 Å². The lowest BCUT2D eigenvalue weighted by Crippen LogP contribution is -2.38. The van der Waals surface area contributed by atoms with Gasteiger partial charge in [-0.2, -0.15) is 5.26 Å². The normalized spacial score (nSPS) is 16.5. The molecule has 1 fully saturated rings. The van der Waals surface area contributed by atoms with Crippen LogP contribution in [0.15, 0.2) is 18.2 Å². The van der Waals surface area contributed by atoms with Gasteiger partial charge in [-0.3, -0.25) is 0 Å². The summed E-state index contributed by atoms with van der Waals surface area (Å²) >= 11 is 0. The van der Waals surface area contributed by atoms with Crippen LogP contribution in [0.5, 0.6) is 5.75 Å². The van der Waals surface area contributed by atoms with Gasteiger partial charge in [-0.15, -0.1) is 0 Å². The van der Waals surface area contributed by atoms with E-state index in [0.29, 0.717) is 0 Å². The Morgan fingerprint density at radius 2 is 2.21 bits per heavy atom. The number of nitriles is 1. The zero-order chi connectivity index (χ0) is 13.7. The van der Waals surface area contributed by atoms with Crippen LogP contribution in [0.25, 0.3) is 0 Å². The van der Waals surface area contributed by atoms with Gasteiger partial charge in [0.1, 0.15) is 5.75 Å². The molecule has 2 rings (SSSR count). The summed E-state index contributed by atoms with van der Waals surface area (Å²) in [5.74, 6) is 0.921. The van der Waals surface area contributed by atoms with E-state index in [-0.39, 0.29) is 5.41 Å². The summed E-state index contributed by atoms with van der Waals surface area (Å²) in [4.78, 5) is 0. The molecule has 0 spiro atoms. The second-order valence-corrected chi connectivity index (χ2v) is 5.35. The Hall–Kier alpha value is -1.53. The number of hydrogen-bond donors (Lipinski definition) is 1. The molecule has 3 nitrogen and oxygen atoms in total. The lowest BCUT2D eigenvalue weighted by Gasteiger charge is -2.35. The van der Waals surface area contributed by atoms with Crippen LogP contribution in [0.1, 0.15) is 37.3 Å². The first-order chi connectivity index (χ1) is 9.23. The maximum Gasteiger partial charge on any atom is 0.123 e. The topological polar surface area (TPSA) is 45.0 Å². The van der Waals surface area contributed by atoms with Crippen LogP contribution in [0.4, 0.5) is 0 Å². The number of hydrogen-bond acceptors (Lipinski definition) is 3. The number of ether oxygens (including phenoxy) is 1. The van der Waals surface area contributed by atoms with E-state index >= 15 is 0 Å². The molecule has 1 aromatic rings. The fourth-order valence-corrected chi connectivity index (χ4v) is 2.56. The molecule has 19 heavy (non-hydrogen) atoms. The molecule has 0 radical (unpaired) electrons. The van der Waals surface area contributed by atoms with Crippen LogP contribution >= 0.6 is 0 Å². The SMILES string of the molecule is CCc1ccc(OC)c(CNCC2(C#N)CCC2)c1. The number of nitrogens with one attached hydrogen (secondary N) is 1. The van der Waals surface area contributed by atoms with Crippen molar-refractivity contribution in [1.82, 2.24) is 5.32 Å². The minimum Gasteiger partial charge on any atom is -0.496 e. The zero-order valence-corrected chi connectivity index (χ0v) is 11.8. The van der Waals surface area contributed by atoms with Crippen LogP contribution < -0.4 is 10.1 Å². The predicted octanol–water partition coefficient (Wildman–Crippen LogP) is 3.04. The molecule has 1 aliphatic rings. The van der Waals surface area contributed by atoms with E-state index in [9.17, 15) is 5.26 Å². The van der Waals surface area contributed by atoms with Gasteiger partial charge < -0.3 is 10.1 Å². The molecule has 0 bridgehead atoms. The van der Waals surface area contributed by atoms with Crippen molar-refractivity contribution in [3.05, 3.63) is 29.3 Å². The summed E-state index contributed by atoms with van der Waals surface area (Å²) in [6.45, 7) is 3.70. The third-order valence-electron chi connectivity index (χ3n) is 4.08. The van der Waals surface area contributed by atoms with Crippen molar-refractivity contribution in [2.45, 2.75) is 39.2 Å². The minimum absolute atomic E-state index is 0.115. The first-order valence-corrected chi connectivity index (χ1v) is 7.01. The van der Waals surface area contributed by atoms with E-state index in [1.807, 2.05) is 6.07 Å². The molecule has 0 heterocycles. The summed E-state index contributed by atoms with van der Waals surface area (Å²) in [5.41, 5.74) is 2.38. The third-order valence-corrected chi connectivity index (χ3v) is 4.08. The van der Waals surface area contributed by atoms with E-state index in [4.69, 9.17) is 4.74 Å². The van der Waals surface area contributed by atoms with E-state index in [1.54, 1.807) is 7.11 Å². The van der Waals surface area contributed by atoms with Gasteiger partial charge in [0.2, 0.25) is 0 Å². The average molecular weight is 258 g/mol.